The van der Waals surface area contributed by atoms with Gasteiger partial charge < -0.3 is 16.0 Å². The van der Waals surface area contributed by atoms with E-state index >= 15 is 0 Å². The zero-order valence-corrected chi connectivity index (χ0v) is 13.6. The largest absolute Gasteiger partial charge is 0.366 e. The number of nitrogens with one attached hydrogen (secondary N) is 2. The predicted molar refractivity (Wildman–Crippen MR) is 90.8 cm³/mol. The molecule has 3 rings (SSSR count). The average Bonchev–Trinajstić information content (AvgIpc) is 3.08. The van der Waals surface area contributed by atoms with Crippen molar-refractivity contribution >= 4 is 22.8 Å². The van der Waals surface area contributed by atoms with E-state index in [4.69, 9.17) is 5.73 Å². The van der Waals surface area contributed by atoms with Crippen LogP contribution in [0, 0.1) is 18.1 Å². The smallest absolute Gasteiger partial charge is 0.249 e. The van der Waals surface area contributed by atoms with Crippen LogP contribution in [0.5, 0.6) is 0 Å². The van der Waals surface area contributed by atoms with E-state index in [1.54, 1.807) is 12.3 Å². The van der Waals surface area contributed by atoms with E-state index in [9.17, 15) is 18.4 Å². The van der Waals surface area contributed by atoms with E-state index < -0.39 is 23.4 Å². The first kappa shape index (κ1) is 17.5. The molecular formula is C18H15F2N4O2. The molecule has 2 heterocycles. The van der Waals surface area contributed by atoms with Crippen molar-refractivity contribution in [3.05, 3.63) is 71.4 Å². The van der Waals surface area contributed by atoms with Crippen molar-refractivity contribution in [2.45, 2.75) is 13.0 Å². The second kappa shape index (κ2) is 7.30. The number of hydrogen-bond donors (Lipinski definition) is 3. The molecule has 1 aromatic carbocycles. The lowest BCUT2D eigenvalue weighted by Crippen LogP contribution is -2.26. The maximum absolute atomic E-state index is 13.2. The second-order valence-corrected chi connectivity index (χ2v) is 5.64. The lowest BCUT2D eigenvalue weighted by Gasteiger charge is -2.09. The Hall–Kier alpha value is -3.29. The summed E-state index contributed by atoms with van der Waals surface area (Å²) in [7, 11) is 0. The van der Waals surface area contributed by atoms with Crippen LogP contribution in [0.4, 0.5) is 8.78 Å². The van der Waals surface area contributed by atoms with Crippen molar-refractivity contribution in [1.82, 2.24) is 15.3 Å². The van der Waals surface area contributed by atoms with Crippen molar-refractivity contribution in [1.29, 1.82) is 0 Å². The average molecular weight is 357 g/mol. The third-order valence-electron chi connectivity index (χ3n) is 3.87. The van der Waals surface area contributed by atoms with Gasteiger partial charge in [-0.15, -0.1) is 0 Å². The number of carbonyl (C=O) groups is 2. The lowest BCUT2D eigenvalue weighted by atomic mass is 10.1. The fourth-order valence-corrected chi connectivity index (χ4v) is 2.61. The molecule has 0 bridgehead atoms. The number of pyridine rings is 1. The maximum Gasteiger partial charge on any atom is 0.249 e. The van der Waals surface area contributed by atoms with Gasteiger partial charge in [-0.3, -0.25) is 9.59 Å². The molecule has 0 saturated heterocycles. The maximum atomic E-state index is 13.2. The molecule has 26 heavy (non-hydrogen) atoms. The molecule has 133 valence electrons. The summed E-state index contributed by atoms with van der Waals surface area (Å²) in [5.41, 5.74) is 7.21. The van der Waals surface area contributed by atoms with Crippen LogP contribution in [0.3, 0.4) is 0 Å². The fraction of sp³-hybridized carbons (Fsp3) is 0.111. The number of fused-ring (bicyclic) bond motifs is 1. The SMILES string of the molecule is NC(=O)c1c(CNC(=O)[CH]Cc2ccc(F)c(F)c2)cnc2[nH]ccc12. The molecule has 0 atom stereocenters. The van der Waals surface area contributed by atoms with E-state index in [0.717, 1.165) is 12.1 Å². The number of amides is 2. The van der Waals surface area contributed by atoms with Gasteiger partial charge in [0.25, 0.3) is 0 Å². The third kappa shape index (κ3) is 3.69. The number of nitrogens with zero attached hydrogens (tertiary/aromatic N) is 1. The van der Waals surface area contributed by atoms with Gasteiger partial charge in [0.15, 0.2) is 11.6 Å². The van der Waals surface area contributed by atoms with Crippen molar-refractivity contribution in [2.24, 2.45) is 5.73 Å². The van der Waals surface area contributed by atoms with Crippen LogP contribution < -0.4 is 11.1 Å². The van der Waals surface area contributed by atoms with Gasteiger partial charge in [-0.25, -0.2) is 13.8 Å². The fourth-order valence-electron chi connectivity index (χ4n) is 2.61. The minimum absolute atomic E-state index is 0.0551. The molecule has 0 saturated carbocycles. The summed E-state index contributed by atoms with van der Waals surface area (Å²) in [4.78, 5) is 30.8. The summed E-state index contributed by atoms with van der Waals surface area (Å²) in [6.45, 7) is 0.0551. The number of H-pyrrole nitrogens is 1. The highest BCUT2D eigenvalue weighted by atomic mass is 19.2. The van der Waals surface area contributed by atoms with Crippen molar-refractivity contribution in [3.63, 3.8) is 0 Å². The van der Waals surface area contributed by atoms with E-state index in [1.165, 1.54) is 18.7 Å². The number of carbonyl (C=O) groups excluding carboxylic acids is 2. The van der Waals surface area contributed by atoms with Crippen LogP contribution in [0.15, 0.2) is 36.7 Å². The number of aromatic amines is 1. The standard InChI is InChI=1S/C18H15F2N4O2/c19-13-3-1-10(7-14(13)20)2-4-15(25)23-8-11-9-24-18-12(5-6-22-18)16(11)17(21)26/h1,3-7,9H,2,8H2,(H2,21,26)(H,22,24)(H,23,25). The molecule has 8 heteroatoms. The van der Waals surface area contributed by atoms with Crippen LogP contribution in [0.25, 0.3) is 11.0 Å². The summed E-state index contributed by atoms with van der Waals surface area (Å²) < 4.78 is 26.0. The topological polar surface area (TPSA) is 101 Å². The molecule has 6 nitrogen and oxygen atoms in total. The molecule has 2 aromatic heterocycles. The molecule has 0 fully saturated rings. The summed E-state index contributed by atoms with van der Waals surface area (Å²) in [6.07, 6.45) is 4.55. The van der Waals surface area contributed by atoms with Gasteiger partial charge in [-0.2, -0.15) is 0 Å². The monoisotopic (exact) mass is 357 g/mol. The van der Waals surface area contributed by atoms with Gasteiger partial charge in [0.2, 0.25) is 11.8 Å². The molecule has 2 amide bonds. The number of rotatable bonds is 6. The molecule has 1 radical (unpaired) electrons. The van der Waals surface area contributed by atoms with Crippen molar-refractivity contribution in [3.8, 4) is 0 Å². The Balaban J connectivity index is 1.64. The van der Waals surface area contributed by atoms with E-state index in [1.807, 2.05) is 0 Å². The number of nitrogens with two attached hydrogens (primary N) is 1. The molecule has 0 aliphatic carbocycles. The Bertz CT molecular complexity index is 984. The van der Waals surface area contributed by atoms with Gasteiger partial charge in [0, 0.05) is 29.9 Å². The van der Waals surface area contributed by atoms with Crippen LogP contribution in [-0.2, 0) is 17.8 Å². The van der Waals surface area contributed by atoms with Crippen LogP contribution >= 0.6 is 0 Å². The van der Waals surface area contributed by atoms with Gasteiger partial charge >= 0.3 is 0 Å². The molecule has 0 aliphatic rings. The molecule has 0 spiro atoms. The Labute approximate surface area is 147 Å². The lowest BCUT2D eigenvalue weighted by molar-refractivity contribution is -0.118. The number of primary amides is 1. The van der Waals surface area contributed by atoms with Gasteiger partial charge in [-0.1, -0.05) is 6.07 Å². The van der Waals surface area contributed by atoms with Gasteiger partial charge in [0.05, 0.1) is 12.0 Å². The summed E-state index contributed by atoms with van der Waals surface area (Å²) >= 11 is 0. The number of aromatic nitrogens is 2. The quantitative estimate of drug-likeness (QED) is 0.629. The molecule has 3 aromatic rings. The van der Waals surface area contributed by atoms with Crippen molar-refractivity contribution < 1.29 is 18.4 Å². The highest BCUT2D eigenvalue weighted by Crippen LogP contribution is 2.19. The highest BCUT2D eigenvalue weighted by Gasteiger charge is 2.15. The number of halogens is 2. The zero-order chi connectivity index (χ0) is 18.7. The minimum Gasteiger partial charge on any atom is -0.366 e. The Morgan fingerprint density at radius 3 is 2.77 bits per heavy atom. The summed E-state index contributed by atoms with van der Waals surface area (Å²) in [5.74, 6) is -2.94. The first-order chi connectivity index (χ1) is 12.5. The number of benzene rings is 1. The van der Waals surface area contributed by atoms with Crippen molar-refractivity contribution in [2.75, 3.05) is 0 Å². The van der Waals surface area contributed by atoms with Crippen LogP contribution in [0.2, 0.25) is 0 Å². The van der Waals surface area contributed by atoms with Crippen LogP contribution in [0.1, 0.15) is 21.5 Å². The summed E-state index contributed by atoms with van der Waals surface area (Å²) in [5, 5.41) is 3.21. The van der Waals surface area contributed by atoms with E-state index in [2.05, 4.69) is 15.3 Å². The first-order valence-corrected chi connectivity index (χ1v) is 7.75. The molecule has 0 aliphatic heterocycles. The van der Waals surface area contributed by atoms with Crippen LogP contribution in [-0.4, -0.2) is 21.8 Å². The Morgan fingerprint density at radius 2 is 2.04 bits per heavy atom. The van der Waals surface area contributed by atoms with E-state index in [0.29, 0.717) is 22.2 Å². The third-order valence-corrected chi connectivity index (χ3v) is 3.87. The van der Waals surface area contributed by atoms with Gasteiger partial charge in [0.1, 0.15) is 5.65 Å². The minimum atomic E-state index is -0.965. The Kier molecular flexibility index (Phi) is 4.92. The summed E-state index contributed by atoms with van der Waals surface area (Å²) in [6, 6.07) is 5.13. The molecule has 4 N–H and O–H groups in total. The van der Waals surface area contributed by atoms with Gasteiger partial charge in [-0.05, 0) is 30.2 Å². The first-order valence-electron chi connectivity index (χ1n) is 7.75. The molecule has 0 unspecified atom stereocenters. The Morgan fingerprint density at radius 1 is 1.23 bits per heavy atom. The van der Waals surface area contributed by atoms with E-state index in [-0.39, 0.29) is 18.5 Å². The molecular weight excluding hydrogens is 342 g/mol. The highest BCUT2D eigenvalue weighted by molar-refractivity contribution is 6.06. The second-order valence-electron chi connectivity index (χ2n) is 5.64. The number of hydrogen-bond acceptors (Lipinski definition) is 3. The zero-order valence-electron chi connectivity index (χ0n) is 13.6. The normalized spacial score (nSPS) is 10.8. The predicted octanol–water partition coefficient (Wildman–Crippen LogP) is 2.00.